The molecule has 1 aliphatic rings. The van der Waals surface area contributed by atoms with Gasteiger partial charge in [0.2, 0.25) is 0 Å². The number of benzene rings is 1. The molecule has 0 spiro atoms. The van der Waals surface area contributed by atoms with Gasteiger partial charge in [0.25, 0.3) is 0 Å². The van der Waals surface area contributed by atoms with E-state index in [1.54, 1.807) is 0 Å². The molecule has 1 atom stereocenters. The van der Waals surface area contributed by atoms with E-state index >= 15 is 0 Å². The molecule has 1 fully saturated rings. The Labute approximate surface area is 118 Å². The van der Waals surface area contributed by atoms with E-state index in [1.807, 2.05) is 0 Å². The summed E-state index contributed by atoms with van der Waals surface area (Å²) in [6, 6.07) is 2.24. The van der Waals surface area contributed by atoms with Gasteiger partial charge in [0.05, 0.1) is 0 Å². The predicted molar refractivity (Wildman–Crippen MR) is 73.8 cm³/mol. The molecule has 102 valence electrons. The van der Waals surface area contributed by atoms with Gasteiger partial charge in [-0.3, -0.25) is 0 Å². The van der Waals surface area contributed by atoms with E-state index in [-0.39, 0.29) is 24.4 Å². The molecular weight excluding hydrogens is 276 g/mol. The Morgan fingerprint density at radius 2 is 1.89 bits per heavy atom. The zero-order valence-electron chi connectivity index (χ0n) is 10.0. The number of rotatable bonds is 2. The topological polar surface area (TPSA) is 46.2 Å². The molecule has 1 saturated carbocycles. The summed E-state index contributed by atoms with van der Waals surface area (Å²) < 4.78 is 13.3. The minimum atomic E-state index is -0.657. The third-order valence-electron chi connectivity index (χ3n) is 3.61. The van der Waals surface area contributed by atoms with Gasteiger partial charge < -0.3 is 10.8 Å². The first-order valence-corrected chi connectivity index (χ1v) is 6.41. The molecule has 1 aromatic carbocycles. The molecule has 0 amide bonds. The van der Waals surface area contributed by atoms with E-state index in [9.17, 15) is 9.50 Å². The summed E-state index contributed by atoms with van der Waals surface area (Å²) in [5, 5.41) is 10.1. The first-order chi connectivity index (χ1) is 8.11. The van der Waals surface area contributed by atoms with Crippen LogP contribution < -0.4 is 5.73 Å². The summed E-state index contributed by atoms with van der Waals surface area (Å²) in [6.07, 6.45) is 5.56. The van der Waals surface area contributed by atoms with E-state index in [1.165, 1.54) is 12.5 Å². The smallest absolute Gasteiger partial charge is 0.165 e. The fourth-order valence-electron chi connectivity index (χ4n) is 2.60. The van der Waals surface area contributed by atoms with Crippen LogP contribution in [0.3, 0.4) is 0 Å². The zero-order valence-corrected chi connectivity index (χ0v) is 11.6. The molecule has 0 aliphatic heterocycles. The molecule has 0 saturated heterocycles. The van der Waals surface area contributed by atoms with Crippen LogP contribution in [0.25, 0.3) is 0 Å². The lowest BCUT2D eigenvalue weighted by Crippen LogP contribution is -2.24. The van der Waals surface area contributed by atoms with Crippen molar-refractivity contribution in [3.05, 3.63) is 28.5 Å². The second kappa shape index (κ2) is 6.60. The Morgan fingerprint density at radius 1 is 1.28 bits per heavy atom. The van der Waals surface area contributed by atoms with Gasteiger partial charge in [0.15, 0.2) is 11.6 Å². The molecule has 1 aliphatic carbocycles. The van der Waals surface area contributed by atoms with Crippen LogP contribution in [0.4, 0.5) is 4.39 Å². The average molecular weight is 294 g/mol. The van der Waals surface area contributed by atoms with Crippen LogP contribution >= 0.6 is 24.0 Å². The lowest BCUT2D eigenvalue weighted by Gasteiger charge is -2.28. The largest absolute Gasteiger partial charge is 0.505 e. The van der Waals surface area contributed by atoms with Gasteiger partial charge in [-0.15, -0.1) is 12.4 Å². The standard InChI is InChI=1S/C13H17ClFNO.ClH/c14-9-6-7-10(15)13(17)11(9)12(16)8-4-2-1-3-5-8;/h6-8,12,17H,1-5,16H2;1H/t12-;/m1./s1. The highest BCUT2D eigenvalue weighted by atomic mass is 35.5. The Bertz CT molecular complexity index is 408. The van der Waals surface area contributed by atoms with Gasteiger partial charge >= 0.3 is 0 Å². The SMILES string of the molecule is Cl.N[C@@H](c1c(Cl)ccc(F)c1O)C1CCCCC1. The van der Waals surface area contributed by atoms with Crippen molar-refractivity contribution in [3.63, 3.8) is 0 Å². The quantitative estimate of drug-likeness (QED) is 0.859. The molecule has 2 nitrogen and oxygen atoms in total. The van der Waals surface area contributed by atoms with Gasteiger partial charge in [0, 0.05) is 16.6 Å². The zero-order chi connectivity index (χ0) is 12.4. The third kappa shape index (κ3) is 3.08. The minimum Gasteiger partial charge on any atom is -0.505 e. The number of halogens is 3. The Morgan fingerprint density at radius 3 is 2.50 bits per heavy atom. The average Bonchev–Trinajstić information content (AvgIpc) is 2.35. The summed E-state index contributed by atoms with van der Waals surface area (Å²) in [5.74, 6) is -0.764. The summed E-state index contributed by atoms with van der Waals surface area (Å²) in [7, 11) is 0. The number of hydrogen-bond acceptors (Lipinski definition) is 2. The summed E-state index contributed by atoms with van der Waals surface area (Å²) in [4.78, 5) is 0. The summed E-state index contributed by atoms with van der Waals surface area (Å²) in [6.45, 7) is 0. The van der Waals surface area contributed by atoms with Gasteiger partial charge in [-0.25, -0.2) is 4.39 Å². The second-order valence-corrected chi connectivity index (χ2v) is 5.12. The molecule has 0 heterocycles. The molecule has 1 aromatic rings. The second-order valence-electron chi connectivity index (χ2n) is 4.72. The van der Waals surface area contributed by atoms with Crippen molar-refractivity contribution in [1.29, 1.82) is 0 Å². The van der Waals surface area contributed by atoms with E-state index in [4.69, 9.17) is 17.3 Å². The van der Waals surface area contributed by atoms with Crippen molar-refractivity contribution < 1.29 is 9.50 Å². The number of nitrogens with two attached hydrogens (primary N) is 1. The molecule has 0 radical (unpaired) electrons. The highest BCUT2D eigenvalue weighted by Gasteiger charge is 2.26. The van der Waals surface area contributed by atoms with Crippen molar-refractivity contribution in [2.45, 2.75) is 38.1 Å². The maximum atomic E-state index is 13.3. The van der Waals surface area contributed by atoms with Crippen LogP contribution in [0.2, 0.25) is 5.02 Å². The van der Waals surface area contributed by atoms with Crippen molar-refractivity contribution in [2.24, 2.45) is 11.7 Å². The van der Waals surface area contributed by atoms with Crippen LogP contribution in [0.1, 0.15) is 43.7 Å². The number of hydrogen-bond donors (Lipinski definition) is 2. The van der Waals surface area contributed by atoms with E-state index < -0.39 is 11.6 Å². The normalized spacial score (nSPS) is 18.2. The minimum absolute atomic E-state index is 0. The van der Waals surface area contributed by atoms with Gasteiger partial charge in [-0.2, -0.15) is 0 Å². The van der Waals surface area contributed by atoms with Crippen molar-refractivity contribution >= 4 is 24.0 Å². The molecule has 5 heteroatoms. The van der Waals surface area contributed by atoms with Gasteiger partial charge in [0.1, 0.15) is 0 Å². The molecule has 18 heavy (non-hydrogen) atoms. The fourth-order valence-corrected chi connectivity index (χ4v) is 2.88. The number of phenolic OH excluding ortho intramolecular Hbond substituents is 1. The molecule has 2 rings (SSSR count). The monoisotopic (exact) mass is 293 g/mol. The van der Waals surface area contributed by atoms with Crippen molar-refractivity contribution in [1.82, 2.24) is 0 Å². The molecule has 0 aromatic heterocycles. The lowest BCUT2D eigenvalue weighted by molar-refractivity contribution is 0.301. The van der Waals surface area contributed by atoms with E-state index in [0.717, 1.165) is 31.7 Å². The van der Waals surface area contributed by atoms with Crippen LogP contribution in [0.15, 0.2) is 12.1 Å². The molecule has 0 unspecified atom stereocenters. The van der Waals surface area contributed by atoms with Crippen LogP contribution in [0.5, 0.6) is 5.75 Å². The fraction of sp³-hybridized carbons (Fsp3) is 0.538. The Hall–Kier alpha value is -0.510. The molecule has 0 bridgehead atoms. The lowest BCUT2D eigenvalue weighted by atomic mass is 9.81. The third-order valence-corrected chi connectivity index (χ3v) is 3.94. The van der Waals surface area contributed by atoms with Gasteiger partial charge in [-0.05, 0) is 30.9 Å². The van der Waals surface area contributed by atoms with Crippen LogP contribution in [-0.4, -0.2) is 5.11 Å². The highest BCUT2D eigenvalue weighted by molar-refractivity contribution is 6.31. The van der Waals surface area contributed by atoms with Gasteiger partial charge in [-0.1, -0.05) is 30.9 Å². The molecule has 3 N–H and O–H groups in total. The number of aromatic hydroxyl groups is 1. The van der Waals surface area contributed by atoms with Crippen molar-refractivity contribution in [2.75, 3.05) is 0 Å². The van der Waals surface area contributed by atoms with E-state index in [0.29, 0.717) is 10.6 Å². The highest BCUT2D eigenvalue weighted by Crippen LogP contribution is 2.40. The van der Waals surface area contributed by atoms with E-state index in [2.05, 4.69) is 0 Å². The first-order valence-electron chi connectivity index (χ1n) is 6.03. The van der Waals surface area contributed by atoms with Crippen LogP contribution in [0, 0.1) is 11.7 Å². The Balaban J connectivity index is 0.00000162. The van der Waals surface area contributed by atoms with Crippen molar-refractivity contribution in [3.8, 4) is 5.75 Å². The maximum Gasteiger partial charge on any atom is 0.165 e. The summed E-state index contributed by atoms with van der Waals surface area (Å²) in [5.41, 5.74) is 6.49. The maximum absolute atomic E-state index is 13.3. The van der Waals surface area contributed by atoms with Crippen LogP contribution in [-0.2, 0) is 0 Å². The first kappa shape index (κ1) is 15.5. The predicted octanol–water partition coefficient (Wildman–Crippen LogP) is 4.19. The number of phenols is 1. The molecular formula is C13H18Cl2FNO. The Kier molecular flexibility index (Phi) is 5.70. The summed E-state index contributed by atoms with van der Waals surface area (Å²) >= 11 is 6.01.